The lowest BCUT2D eigenvalue weighted by atomic mass is 9.86. The van der Waals surface area contributed by atoms with Crippen LogP contribution in [0.2, 0.25) is 0 Å². The molecular formula is C22H23F3N8O2S. The van der Waals surface area contributed by atoms with Crippen molar-refractivity contribution in [1.82, 2.24) is 30.3 Å². The van der Waals surface area contributed by atoms with E-state index in [1.165, 1.54) is 23.7 Å². The number of alkyl halides is 3. The Morgan fingerprint density at radius 2 is 2.06 bits per heavy atom. The molecule has 1 aliphatic heterocycles. The smallest absolute Gasteiger partial charge is 0.381 e. The van der Waals surface area contributed by atoms with Crippen molar-refractivity contribution in [2.75, 3.05) is 12.4 Å². The number of pyridine rings is 1. The zero-order valence-corrected chi connectivity index (χ0v) is 20.2. The van der Waals surface area contributed by atoms with Gasteiger partial charge in [0, 0.05) is 13.3 Å². The van der Waals surface area contributed by atoms with Gasteiger partial charge in [-0.25, -0.2) is 19.8 Å². The lowest BCUT2D eigenvalue weighted by Crippen LogP contribution is -2.47. The number of aliphatic imine (C=N–C) groups is 1. The highest BCUT2D eigenvalue weighted by molar-refractivity contribution is 7.15. The van der Waals surface area contributed by atoms with E-state index in [2.05, 4.69) is 35.8 Å². The molecule has 3 aromatic heterocycles. The molecule has 10 nitrogen and oxygen atoms in total. The first kappa shape index (κ1) is 24.3. The molecular weight excluding hydrogens is 497 g/mol. The molecule has 5 rings (SSSR count). The number of methoxy groups -OCH3 is 1. The predicted molar refractivity (Wildman–Crippen MR) is 126 cm³/mol. The molecule has 4 heterocycles. The number of hydrogen-bond donors (Lipinski definition) is 2. The topological polar surface area (TPSA) is 119 Å². The van der Waals surface area contributed by atoms with Crippen molar-refractivity contribution < 1.29 is 22.7 Å². The summed E-state index contributed by atoms with van der Waals surface area (Å²) < 4.78 is 46.9. The number of carbonyl (C=O) groups is 1. The minimum absolute atomic E-state index is 0.133. The molecule has 1 aliphatic carbocycles. The van der Waals surface area contributed by atoms with Crippen LogP contribution < -0.4 is 10.6 Å². The highest BCUT2D eigenvalue weighted by atomic mass is 32.1. The fourth-order valence-electron chi connectivity index (χ4n) is 4.30. The van der Waals surface area contributed by atoms with E-state index in [9.17, 15) is 18.0 Å². The van der Waals surface area contributed by atoms with Gasteiger partial charge in [0.25, 0.3) is 0 Å². The Labute approximate surface area is 208 Å². The van der Waals surface area contributed by atoms with Gasteiger partial charge in [0.05, 0.1) is 53.0 Å². The van der Waals surface area contributed by atoms with Crippen LogP contribution in [0.15, 0.2) is 29.6 Å². The van der Waals surface area contributed by atoms with Gasteiger partial charge in [0.15, 0.2) is 5.82 Å². The average molecular weight is 521 g/mol. The van der Waals surface area contributed by atoms with Crippen molar-refractivity contribution in [3.8, 4) is 5.82 Å². The van der Waals surface area contributed by atoms with Gasteiger partial charge < -0.3 is 15.4 Å². The lowest BCUT2D eigenvalue weighted by Gasteiger charge is -2.32. The van der Waals surface area contributed by atoms with E-state index in [1.807, 2.05) is 6.92 Å². The molecule has 2 aliphatic rings. The molecule has 0 spiro atoms. The summed E-state index contributed by atoms with van der Waals surface area (Å²) in [6, 6.07) is -0.469. The van der Waals surface area contributed by atoms with Gasteiger partial charge in [0.1, 0.15) is 10.6 Å². The Hall–Kier alpha value is -3.39. The number of thiazole rings is 1. The van der Waals surface area contributed by atoms with Gasteiger partial charge in [0.2, 0.25) is 0 Å². The lowest BCUT2D eigenvalue weighted by molar-refractivity contribution is -0.137. The Morgan fingerprint density at radius 3 is 2.72 bits per heavy atom. The number of halogens is 3. The van der Waals surface area contributed by atoms with Crippen LogP contribution in [0, 0.1) is 12.8 Å². The summed E-state index contributed by atoms with van der Waals surface area (Å²) in [7, 11) is 1.63. The average Bonchev–Trinajstić information content (AvgIpc) is 3.31. The number of nitrogens with one attached hydrogen (secondary N) is 2. The van der Waals surface area contributed by atoms with Gasteiger partial charge in [-0.05, 0) is 25.3 Å². The first-order valence-electron chi connectivity index (χ1n) is 11.3. The number of carbonyl (C=O) groups excluding carboxylic acids is 1. The number of rotatable bonds is 7. The van der Waals surface area contributed by atoms with Crippen LogP contribution in [0.1, 0.15) is 41.4 Å². The molecule has 190 valence electrons. The molecule has 2 amide bonds. The fraction of sp³-hybridized carbons (Fsp3) is 0.455. The summed E-state index contributed by atoms with van der Waals surface area (Å²) >= 11 is 1.46. The molecule has 0 bridgehead atoms. The zero-order chi connectivity index (χ0) is 25.4. The number of ether oxygens (including phenoxy) is 1. The van der Waals surface area contributed by atoms with Crippen molar-refractivity contribution in [2.24, 2.45) is 10.9 Å². The van der Waals surface area contributed by atoms with Crippen LogP contribution >= 0.6 is 11.3 Å². The number of nitrogens with zero attached hydrogens (tertiary/aromatic N) is 6. The predicted octanol–water partition coefficient (Wildman–Crippen LogP) is 4.25. The Balaban J connectivity index is 1.36. The van der Waals surface area contributed by atoms with E-state index in [0.29, 0.717) is 5.92 Å². The van der Waals surface area contributed by atoms with E-state index in [0.717, 1.165) is 52.0 Å². The van der Waals surface area contributed by atoms with Gasteiger partial charge in [-0.1, -0.05) is 24.2 Å². The molecule has 0 saturated heterocycles. The largest absolute Gasteiger partial charge is 0.420 e. The fourth-order valence-corrected chi connectivity index (χ4v) is 5.12. The van der Waals surface area contributed by atoms with E-state index < -0.39 is 29.6 Å². The van der Waals surface area contributed by atoms with Crippen LogP contribution in [0.4, 0.5) is 28.7 Å². The molecule has 0 aromatic carbocycles. The number of urea groups is 1. The molecule has 3 atom stereocenters. The summed E-state index contributed by atoms with van der Waals surface area (Å²) in [4.78, 5) is 26.6. The van der Waals surface area contributed by atoms with Gasteiger partial charge in [-0.15, -0.1) is 4.80 Å². The van der Waals surface area contributed by atoms with Crippen LogP contribution in [0.25, 0.3) is 5.82 Å². The monoisotopic (exact) mass is 520 g/mol. The summed E-state index contributed by atoms with van der Waals surface area (Å²) in [5.74, 6) is -0.204. The number of hydrogen-bond acceptors (Lipinski definition) is 8. The molecule has 14 heteroatoms. The summed E-state index contributed by atoms with van der Waals surface area (Å²) in [6.07, 6.45) is 3.41. The first-order chi connectivity index (χ1) is 17.2. The summed E-state index contributed by atoms with van der Waals surface area (Å²) in [6.45, 7) is 1.89. The number of amides is 2. The van der Waals surface area contributed by atoms with Crippen molar-refractivity contribution in [3.63, 3.8) is 0 Å². The molecule has 0 radical (unpaired) electrons. The first-order valence-corrected chi connectivity index (χ1v) is 12.1. The second-order valence-electron chi connectivity index (χ2n) is 8.72. The molecule has 1 fully saturated rings. The zero-order valence-electron chi connectivity index (χ0n) is 19.4. The van der Waals surface area contributed by atoms with Crippen LogP contribution in [0.3, 0.4) is 0 Å². The molecule has 3 aromatic rings. The second-order valence-corrected chi connectivity index (χ2v) is 9.90. The SMILES string of the molecule is COC(CC1CC1)C1c2nc(C)sc2N=CC1NC(=O)Nc1cnc(-n2nccn2)c(C(F)(F)F)c1. The second kappa shape index (κ2) is 9.58. The van der Waals surface area contributed by atoms with E-state index in [4.69, 9.17) is 4.74 Å². The van der Waals surface area contributed by atoms with Gasteiger partial charge in [-0.3, -0.25) is 0 Å². The van der Waals surface area contributed by atoms with Gasteiger partial charge in [-0.2, -0.15) is 23.4 Å². The Kier molecular flexibility index (Phi) is 6.47. The number of anilines is 1. The Bertz CT molecular complexity index is 1270. The molecule has 1 saturated carbocycles. The Morgan fingerprint density at radius 1 is 1.31 bits per heavy atom. The minimum Gasteiger partial charge on any atom is -0.381 e. The molecule has 2 N–H and O–H groups in total. The third-order valence-corrected chi connectivity index (χ3v) is 6.99. The van der Waals surface area contributed by atoms with Crippen molar-refractivity contribution in [2.45, 2.75) is 50.4 Å². The van der Waals surface area contributed by atoms with Crippen molar-refractivity contribution >= 4 is 34.3 Å². The van der Waals surface area contributed by atoms with Crippen LogP contribution in [-0.2, 0) is 10.9 Å². The molecule has 36 heavy (non-hydrogen) atoms. The maximum absolute atomic E-state index is 13.7. The van der Waals surface area contributed by atoms with E-state index in [1.54, 1.807) is 13.3 Å². The minimum atomic E-state index is -4.74. The number of aryl methyl sites for hydroxylation is 1. The van der Waals surface area contributed by atoms with Crippen LogP contribution in [-0.4, -0.2) is 56.5 Å². The highest BCUT2D eigenvalue weighted by Gasteiger charge is 2.40. The molecule has 3 unspecified atom stereocenters. The van der Waals surface area contributed by atoms with Crippen molar-refractivity contribution in [3.05, 3.63) is 40.9 Å². The highest BCUT2D eigenvalue weighted by Crippen LogP contribution is 2.44. The summed E-state index contributed by atoms with van der Waals surface area (Å²) in [5, 5.41) is 14.3. The van der Waals surface area contributed by atoms with Crippen LogP contribution in [0.5, 0.6) is 0 Å². The third kappa shape index (κ3) is 5.09. The van der Waals surface area contributed by atoms with Crippen molar-refractivity contribution in [1.29, 1.82) is 0 Å². The number of aromatic nitrogens is 5. The third-order valence-electron chi connectivity index (χ3n) is 6.10. The maximum atomic E-state index is 13.7. The van der Waals surface area contributed by atoms with E-state index >= 15 is 0 Å². The maximum Gasteiger partial charge on any atom is 0.420 e. The standard InChI is InChI=1S/C22H23F3N8O2S/c1-11-30-18-17(16(35-2)7-12-3-4-12)15(10-27-20(18)36-11)32-21(34)31-13-8-14(22(23,24)25)19(26-9-13)33-28-5-6-29-33/h5-6,8-10,12,15-17H,3-4,7H2,1-2H3,(H2,31,32,34). The van der Waals surface area contributed by atoms with E-state index in [-0.39, 0.29) is 17.7 Å². The summed E-state index contributed by atoms with van der Waals surface area (Å²) in [5.41, 5.74) is -0.457. The van der Waals surface area contributed by atoms with Gasteiger partial charge >= 0.3 is 12.2 Å². The number of fused-ring (bicyclic) bond motifs is 1. The normalized spacial score (nSPS) is 20.1. The quantitative estimate of drug-likeness (QED) is 0.481.